The second-order valence-corrected chi connectivity index (χ2v) is 6.16. The normalized spacial score (nSPS) is 28.9. The molecule has 2 heterocycles. The third-order valence-corrected chi connectivity index (χ3v) is 4.74. The largest absolute Gasteiger partial charge is 0.337 e. The molecule has 0 amide bonds. The van der Waals surface area contributed by atoms with Crippen molar-refractivity contribution in [3.63, 3.8) is 0 Å². The molecule has 2 fully saturated rings. The van der Waals surface area contributed by atoms with Crippen molar-refractivity contribution in [1.82, 2.24) is 15.5 Å². The van der Waals surface area contributed by atoms with Crippen molar-refractivity contribution in [3.05, 3.63) is 11.7 Å². The first-order chi connectivity index (χ1) is 9.34. The van der Waals surface area contributed by atoms with Crippen molar-refractivity contribution in [1.29, 1.82) is 0 Å². The molecule has 1 aromatic rings. The molecule has 1 aromatic heterocycles. The van der Waals surface area contributed by atoms with Gasteiger partial charge in [-0.25, -0.2) is 0 Å². The molecule has 106 valence electrons. The van der Waals surface area contributed by atoms with Gasteiger partial charge in [0.15, 0.2) is 5.82 Å². The molecule has 0 bridgehead atoms. The summed E-state index contributed by atoms with van der Waals surface area (Å²) < 4.78 is 5.63. The first-order valence-electron chi connectivity index (χ1n) is 7.93. The average molecular weight is 263 g/mol. The van der Waals surface area contributed by atoms with E-state index in [0.717, 1.165) is 37.5 Å². The van der Waals surface area contributed by atoms with Crippen LogP contribution in [0.1, 0.15) is 82.3 Å². The van der Waals surface area contributed by atoms with E-state index in [4.69, 9.17) is 9.51 Å². The van der Waals surface area contributed by atoms with E-state index >= 15 is 0 Å². The van der Waals surface area contributed by atoms with Gasteiger partial charge in [-0.1, -0.05) is 37.8 Å². The van der Waals surface area contributed by atoms with E-state index in [1.54, 1.807) is 0 Å². The number of nitrogens with one attached hydrogen (secondary N) is 1. The summed E-state index contributed by atoms with van der Waals surface area (Å²) in [7, 11) is 0. The number of rotatable bonds is 4. The summed E-state index contributed by atoms with van der Waals surface area (Å²) in [5.41, 5.74) is -0.0331. The molecule has 4 nitrogen and oxygen atoms in total. The summed E-state index contributed by atoms with van der Waals surface area (Å²) in [5, 5.41) is 7.89. The third kappa shape index (κ3) is 2.55. The fraction of sp³-hybridized carbons (Fsp3) is 0.867. The standard InChI is InChI=1S/C15H25N3O/c1-2-9-15(10-6-11-16-15)14-17-13(18-19-14)12-7-4-3-5-8-12/h12,16H,2-11H2,1H3. The molecular formula is C15H25N3O. The summed E-state index contributed by atoms with van der Waals surface area (Å²) in [6.07, 6.45) is 11.0. The van der Waals surface area contributed by atoms with Gasteiger partial charge in [-0.15, -0.1) is 0 Å². The SMILES string of the molecule is CCCC1(c2nc(C3CCCCC3)no2)CCCN1. The lowest BCUT2D eigenvalue weighted by atomic mass is 9.88. The van der Waals surface area contributed by atoms with Crippen LogP contribution in [0.3, 0.4) is 0 Å². The van der Waals surface area contributed by atoms with E-state index in [1.807, 2.05) is 0 Å². The van der Waals surface area contributed by atoms with Gasteiger partial charge >= 0.3 is 0 Å². The van der Waals surface area contributed by atoms with Crippen LogP contribution >= 0.6 is 0 Å². The molecule has 0 spiro atoms. The zero-order valence-corrected chi connectivity index (χ0v) is 12.0. The van der Waals surface area contributed by atoms with Crippen LogP contribution in [0.15, 0.2) is 4.52 Å². The maximum absolute atomic E-state index is 5.63. The maximum atomic E-state index is 5.63. The molecule has 1 saturated carbocycles. The van der Waals surface area contributed by atoms with Gasteiger partial charge in [0.05, 0.1) is 5.54 Å². The number of nitrogens with zero attached hydrogens (tertiary/aromatic N) is 2. The summed E-state index contributed by atoms with van der Waals surface area (Å²) >= 11 is 0. The van der Waals surface area contributed by atoms with Gasteiger partial charge in [0, 0.05) is 5.92 Å². The first-order valence-corrected chi connectivity index (χ1v) is 7.93. The van der Waals surface area contributed by atoms with Crippen molar-refractivity contribution >= 4 is 0 Å². The zero-order valence-electron chi connectivity index (χ0n) is 12.0. The van der Waals surface area contributed by atoms with Crippen molar-refractivity contribution in [2.75, 3.05) is 6.54 Å². The minimum Gasteiger partial charge on any atom is -0.337 e. The van der Waals surface area contributed by atoms with E-state index < -0.39 is 0 Å². The predicted molar refractivity (Wildman–Crippen MR) is 73.9 cm³/mol. The fourth-order valence-electron chi connectivity index (χ4n) is 3.69. The van der Waals surface area contributed by atoms with Crippen LogP contribution in [0.25, 0.3) is 0 Å². The Morgan fingerprint density at radius 3 is 2.79 bits per heavy atom. The lowest BCUT2D eigenvalue weighted by Crippen LogP contribution is -2.37. The Balaban J connectivity index is 1.79. The predicted octanol–water partition coefficient (Wildman–Crippen LogP) is 3.50. The molecule has 1 atom stereocenters. The lowest BCUT2D eigenvalue weighted by molar-refractivity contribution is 0.240. The van der Waals surface area contributed by atoms with E-state index in [-0.39, 0.29) is 5.54 Å². The van der Waals surface area contributed by atoms with Gasteiger partial charge in [-0.2, -0.15) is 4.98 Å². The van der Waals surface area contributed by atoms with Crippen LogP contribution in [-0.4, -0.2) is 16.7 Å². The van der Waals surface area contributed by atoms with Gasteiger partial charge < -0.3 is 9.84 Å². The quantitative estimate of drug-likeness (QED) is 0.903. The minimum absolute atomic E-state index is 0.0331. The average Bonchev–Trinajstić information content (AvgIpc) is 3.09. The Morgan fingerprint density at radius 2 is 2.11 bits per heavy atom. The van der Waals surface area contributed by atoms with Crippen molar-refractivity contribution in [3.8, 4) is 0 Å². The Hall–Kier alpha value is -0.900. The van der Waals surface area contributed by atoms with Crippen LogP contribution in [0.4, 0.5) is 0 Å². The Labute approximate surface area is 115 Å². The molecule has 1 unspecified atom stereocenters. The Bertz CT molecular complexity index is 403. The van der Waals surface area contributed by atoms with Crippen LogP contribution in [0.2, 0.25) is 0 Å². The second-order valence-electron chi connectivity index (χ2n) is 6.16. The molecule has 1 aliphatic heterocycles. The highest BCUT2D eigenvalue weighted by Gasteiger charge is 2.40. The van der Waals surface area contributed by atoms with E-state index in [2.05, 4.69) is 17.4 Å². The smallest absolute Gasteiger partial charge is 0.246 e. The van der Waals surface area contributed by atoms with Gasteiger partial charge in [0.25, 0.3) is 0 Å². The van der Waals surface area contributed by atoms with Crippen LogP contribution in [-0.2, 0) is 5.54 Å². The molecule has 1 aliphatic carbocycles. The van der Waals surface area contributed by atoms with Gasteiger partial charge in [-0.05, 0) is 38.6 Å². The van der Waals surface area contributed by atoms with E-state index in [9.17, 15) is 0 Å². The zero-order chi connectivity index (χ0) is 13.1. The highest BCUT2D eigenvalue weighted by atomic mass is 16.5. The molecular weight excluding hydrogens is 238 g/mol. The highest BCUT2D eigenvalue weighted by molar-refractivity contribution is 5.08. The molecule has 19 heavy (non-hydrogen) atoms. The molecule has 3 rings (SSSR count). The first kappa shape index (κ1) is 13.1. The number of aromatic nitrogens is 2. The summed E-state index contributed by atoms with van der Waals surface area (Å²) in [6, 6.07) is 0. The van der Waals surface area contributed by atoms with Crippen molar-refractivity contribution in [2.45, 2.75) is 76.2 Å². The monoisotopic (exact) mass is 263 g/mol. The highest BCUT2D eigenvalue weighted by Crippen LogP contribution is 2.36. The van der Waals surface area contributed by atoms with E-state index in [1.165, 1.54) is 38.5 Å². The van der Waals surface area contributed by atoms with Crippen LogP contribution in [0, 0.1) is 0 Å². The molecule has 1 N–H and O–H groups in total. The molecule has 1 saturated heterocycles. The topological polar surface area (TPSA) is 51.0 Å². The van der Waals surface area contributed by atoms with Crippen molar-refractivity contribution < 1.29 is 4.52 Å². The molecule has 0 radical (unpaired) electrons. The van der Waals surface area contributed by atoms with Crippen LogP contribution in [0.5, 0.6) is 0 Å². The molecule has 4 heteroatoms. The number of hydrogen-bond acceptors (Lipinski definition) is 4. The maximum Gasteiger partial charge on any atom is 0.246 e. The summed E-state index contributed by atoms with van der Waals surface area (Å²) in [5.74, 6) is 2.33. The Kier molecular flexibility index (Phi) is 3.87. The second kappa shape index (κ2) is 5.61. The van der Waals surface area contributed by atoms with Gasteiger partial charge in [0.2, 0.25) is 5.89 Å². The molecule has 0 aromatic carbocycles. The third-order valence-electron chi connectivity index (χ3n) is 4.74. The van der Waals surface area contributed by atoms with Crippen LogP contribution < -0.4 is 5.32 Å². The van der Waals surface area contributed by atoms with Gasteiger partial charge in [-0.3, -0.25) is 0 Å². The Morgan fingerprint density at radius 1 is 1.26 bits per heavy atom. The summed E-state index contributed by atoms with van der Waals surface area (Å²) in [6.45, 7) is 3.29. The fourth-order valence-corrected chi connectivity index (χ4v) is 3.69. The molecule has 2 aliphatic rings. The number of hydrogen-bond donors (Lipinski definition) is 1. The minimum atomic E-state index is -0.0331. The summed E-state index contributed by atoms with van der Waals surface area (Å²) in [4.78, 5) is 4.77. The van der Waals surface area contributed by atoms with Crippen molar-refractivity contribution in [2.24, 2.45) is 0 Å². The van der Waals surface area contributed by atoms with E-state index in [0.29, 0.717) is 5.92 Å². The lowest BCUT2D eigenvalue weighted by Gasteiger charge is -2.24. The van der Waals surface area contributed by atoms with Gasteiger partial charge in [0.1, 0.15) is 0 Å².